The van der Waals surface area contributed by atoms with Crippen molar-refractivity contribution >= 4 is 34.2 Å². The van der Waals surface area contributed by atoms with Gasteiger partial charge >= 0.3 is 0 Å². The van der Waals surface area contributed by atoms with Gasteiger partial charge in [0.15, 0.2) is 0 Å². The minimum atomic E-state index is -0.105. The lowest BCUT2D eigenvalue weighted by Crippen LogP contribution is -2.38. The summed E-state index contributed by atoms with van der Waals surface area (Å²) >= 11 is 12.6. The number of imidazole rings is 1. The number of nitrogens with zero attached hydrogens (tertiary/aromatic N) is 3. The molecule has 21 heavy (non-hydrogen) atoms. The predicted molar refractivity (Wildman–Crippen MR) is 89.4 cm³/mol. The molecule has 0 N–H and O–H groups in total. The molecule has 3 rings (SSSR count). The lowest BCUT2D eigenvalue weighted by molar-refractivity contribution is 0.157. The van der Waals surface area contributed by atoms with Crippen molar-refractivity contribution in [3.8, 4) is 0 Å². The standard InChI is InChI=1S/C16H21Cl2N3/c1-10-8-13(6-7-20(10)3)21-15-9-12(18)4-5-14(15)19-16(21)11(2)17/h4-5,9-11,13H,6-8H2,1-3H3. The fourth-order valence-electron chi connectivity index (χ4n) is 3.25. The molecule has 3 atom stereocenters. The van der Waals surface area contributed by atoms with Gasteiger partial charge in [0.2, 0.25) is 0 Å². The summed E-state index contributed by atoms with van der Waals surface area (Å²) in [6.07, 6.45) is 2.24. The Kier molecular flexibility index (Phi) is 4.17. The summed E-state index contributed by atoms with van der Waals surface area (Å²) in [5, 5.41) is 0.643. The molecule has 2 heterocycles. The van der Waals surface area contributed by atoms with Crippen molar-refractivity contribution in [2.24, 2.45) is 0 Å². The van der Waals surface area contributed by atoms with E-state index >= 15 is 0 Å². The number of likely N-dealkylation sites (tertiary alicyclic amines) is 1. The molecule has 5 heteroatoms. The second-order valence-corrected chi connectivity index (χ2v) is 7.19. The van der Waals surface area contributed by atoms with Crippen LogP contribution in [0, 0.1) is 0 Å². The number of rotatable bonds is 2. The van der Waals surface area contributed by atoms with Gasteiger partial charge < -0.3 is 9.47 Å². The molecule has 1 fully saturated rings. The van der Waals surface area contributed by atoms with E-state index in [-0.39, 0.29) is 5.38 Å². The van der Waals surface area contributed by atoms with E-state index < -0.39 is 0 Å². The van der Waals surface area contributed by atoms with E-state index in [9.17, 15) is 0 Å². The van der Waals surface area contributed by atoms with Crippen molar-refractivity contribution in [3.63, 3.8) is 0 Å². The zero-order valence-electron chi connectivity index (χ0n) is 12.7. The SMILES string of the molecule is CC(Cl)c1nc2ccc(Cl)cc2n1C1CCN(C)C(C)C1. The summed E-state index contributed by atoms with van der Waals surface area (Å²) in [6.45, 7) is 5.36. The zero-order valence-corrected chi connectivity index (χ0v) is 14.2. The Morgan fingerprint density at radius 1 is 1.38 bits per heavy atom. The normalized spacial score (nSPS) is 25.4. The average molecular weight is 326 g/mol. The largest absolute Gasteiger partial charge is 0.323 e. The molecule has 114 valence electrons. The van der Waals surface area contributed by atoms with Crippen LogP contribution in [0.1, 0.15) is 43.9 Å². The van der Waals surface area contributed by atoms with Crippen LogP contribution in [0.25, 0.3) is 11.0 Å². The maximum atomic E-state index is 6.38. The Bertz CT molecular complexity index is 650. The van der Waals surface area contributed by atoms with Gasteiger partial charge in [-0.25, -0.2) is 4.98 Å². The first-order chi connectivity index (χ1) is 9.97. The van der Waals surface area contributed by atoms with Crippen LogP contribution in [-0.4, -0.2) is 34.1 Å². The molecule has 0 amide bonds. The van der Waals surface area contributed by atoms with Crippen molar-refractivity contribution < 1.29 is 0 Å². The Hall–Kier alpha value is -0.770. The van der Waals surface area contributed by atoms with Gasteiger partial charge in [0.05, 0.1) is 16.4 Å². The molecule has 3 nitrogen and oxygen atoms in total. The Labute approximate surface area is 135 Å². The zero-order chi connectivity index (χ0) is 15.1. The average Bonchev–Trinajstić information content (AvgIpc) is 2.80. The van der Waals surface area contributed by atoms with E-state index in [0.717, 1.165) is 41.3 Å². The maximum Gasteiger partial charge on any atom is 0.127 e. The van der Waals surface area contributed by atoms with Crippen molar-refractivity contribution in [2.45, 2.75) is 44.1 Å². The van der Waals surface area contributed by atoms with Crippen LogP contribution >= 0.6 is 23.2 Å². The third kappa shape index (κ3) is 2.79. The molecule has 0 radical (unpaired) electrons. The predicted octanol–water partition coefficient (Wildman–Crippen LogP) is 4.64. The molecule has 1 aliphatic rings. The highest BCUT2D eigenvalue weighted by atomic mass is 35.5. The van der Waals surface area contributed by atoms with Crippen LogP contribution in [0.4, 0.5) is 0 Å². The minimum Gasteiger partial charge on any atom is -0.323 e. The molecule has 0 spiro atoms. The van der Waals surface area contributed by atoms with Crippen molar-refractivity contribution in [2.75, 3.05) is 13.6 Å². The van der Waals surface area contributed by atoms with Gasteiger partial charge in [-0.3, -0.25) is 0 Å². The van der Waals surface area contributed by atoms with Crippen LogP contribution in [-0.2, 0) is 0 Å². The number of hydrogen-bond donors (Lipinski definition) is 0. The third-order valence-corrected chi connectivity index (χ3v) is 5.01. The van der Waals surface area contributed by atoms with Crippen molar-refractivity contribution in [1.82, 2.24) is 14.5 Å². The fourth-order valence-corrected chi connectivity index (χ4v) is 3.57. The maximum absolute atomic E-state index is 6.38. The minimum absolute atomic E-state index is 0.105. The van der Waals surface area contributed by atoms with Gasteiger partial charge in [-0.1, -0.05) is 11.6 Å². The van der Waals surface area contributed by atoms with Gasteiger partial charge in [0.1, 0.15) is 5.82 Å². The summed E-state index contributed by atoms with van der Waals surface area (Å²) in [4.78, 5) is 7.14. The number of halogens is 2. The smallest absolute Gasteiger partial charge is 0.127 e. The number of hydrogen-bond acceptors (Lipinski definition) is 2. The van der Waals surface area contributed by atoms with E-state index in [1.165, 1.54) is 0 Å². The van der Waals surface area contributed by atoms with E-state index in [2.05, 4.69) is 23.4 Å². The van der Waals surface area contributed by atoms with Gasteiger partial charge in [0, 0.05) is 23.7 Å². The van der Waals surface area contributed by atoms with E-state index in [1.54, 1.807) is 0 Å². The second-order valence-electron chi connectivity index (χ2n) is 6.10. The van der Waals surface area contributed by atoms with Crippen LogP contribution < -0.4 is 0 Å². The molecular formula is C16H21Cl2N3. The van der Waals surface area contributed by atoms with Gasteiger partial charge in [-0.2, -0.15) is 0 Å². The molecule has 2 aromatic rings. The number of alkyl halides is 1. The summed E-state index contributed by atoms with van der Waals surface area (Å²) in [6, 6.07) is 6.89. The van der Waals surface area contributed by atoms with E-state index in [1.807, 2.05) is 25.1 Å². The molecule has 1 aromatic heterocycles. The molecule has 0 aliphatic carbocycles. The second kappa shape index (κ2) is 5.79. The van der Waals surface area contributed by atoms with Gasteiger partial charge in [-0.15, -0.1) is 11.6 Å². The van der Waals surface area contributed by atoms with Gasteiger partial charge in [-0.05, 0) is 51.9 Å². The molecule has 0 saturated carbocycles. The van der Waals surface area contributed by atoms with Crippen LogP contribution in [0.15, 0.2) is 18.2 Å². The number of piperidine rings is 1. The first-order valence-electron chi connectivity index (χ1n) is 7.49. The van der Waals surface area contributed by atoms with E-state index in [4.69, 9.17) is 28.2 Å². The van der Waals surface area contributed by atoms with E-state index in [0.29, 0.717) is 12.1 Å². The number of benzene rings is 1. The summed E-state index contributed by atoms with van der Waals surface area (Å²) in [5.74, 6) is 0.954. The summed E-state index contributed by atoms with van der Waals surface area (Å²) in [5.41, 5.74) is 2.08. The van der Waals surface area contributed by atoms with Crippen LogP contribution in [0.5, 0.6) is 0 Å². The molecule has 0 bridgehead atoms. The van der Waals surface area contributed by atoms with Crippen LogP contribution in [0.2, 0.25) is 5.02 Å². The number of fused-ring (bicyclic) bond motifs is 1. The monoisotopic (exact) mass is 325 g/mol. The molecule has 1 saturated heterocycles. The third-order valence-electron chi connectivity index (χ3n) is 4.58. The molecule has 3 unspecified atom stereocenters. The Morgan fingerprint density at radius 2 is 2.14 bits per heavy atom. The highest BCUT2D eigenvalue weighted by Gasteiger charge is 2.28. The van der Waals surface area contributed by atoms with Crippen molar-refractivity contribution in [1.29, 1.82) is 0 Å². The summed E-state index contributed by atoms with van der Waals surface area (Å²) in [7, 11) is 2.19. The first kappa shape index (κ1) is 15.1. The quantitative estimate of drug-likeness (QED) is 0.749. The highest BCUT2D eigenvalue weighted by molar-refractivity contribution is 6.31. The van der Waals surface area contributed by atoms with Gasteiger partial charge in [0.25, 0.3) is 0 Å². The van der Waals surface area contributed by atoms with Crippen LogP contribution in [0.3, 0.4) is 0 Å². The first-order valence-corrected chi connectivity index (χ1v) is 8.30. The Morgan fingerprint density at radius 3 is 2.81 bits per heavy atom. The topological polar surface area (TPSA) is 21.1 Å². The molecular weight excluding hydrogens is 305 g/mol. The molecule has 1 aliphatic heterocycles. The molecule has 1 aromatic carbocycles. The number of aromatic nitrogens is 2. The lowest BCUT2D eigenvalue weighted by atomic mass is 9.98. The van der Waals surface area contributed by atoms with Crippen molar-refractivity contribution in [3.05, 3.63) is 29.0 Å². The highest BCUT2D eigenvalue weighted by Crippen LogP contribution is 2.35. The fraction of sp³-hybridized carbons (Fsp3) is 0.562. The Balaban J connectivity index is 2.10. The lowest BCUT2D eigenvalue weighted by Gasteiger charge is -2.36. The summed E-state index contributed by atoms with van der Waals surface area (Å²) < 4.78 is 2.32.